The van der Waals surface area contributed by atoms with Crippen LogP contribution in [-0.4, -0.2) is 169 Å². The maximum Gasteiger partial charge on any atom is 0.490 e. The predicted octanol–water partition coefficient (Wildman–Crippen LogP) is -3.74. The Kier molecular flexibility index (Phi) is 14.6. The molecule has 0 aromatic carbocycles. The summed E-state index contributed by atoms with van der Waals surface area (Å²) in [5, 5.41) is 55.4. The normalized spacial score (nSPS) is 32.0. The molecule has 3 fully saturated rings. The van der Waals surface area contributed by atoms with E-state index in [1.807, 2.05) is 0 Å². The number of nitrogen functional groups attached to an aromatic ring is 1. The molecule has 41 heteroatoms. The van der Waals surface area contributed by atoms with Gasteiger partial charge in [0.15, 0.2) is 35.1 Å². The first-order valence-electron chi connectivity index (χ1n) is 18.1. The SMILES string of the molecule is Nc1ncnc2c1ncn2[C@@H]1O[C@H](COP(=O)(O)OP(=O)(O)OC[C@H]2OC(Nc3nc4c(ncn4[C@H]4C[C@H](O)[C@@H](COP(=O)(O)OP(=O)(O)OP(=O)(O)O)O4)c(=O)[nH]3)[C@H](O)[C@@H]2O)[C@@H](O)[C@H]1O. The van der Waals surface area contributed by atoms with E-state index < -0.39 is 138 Å². The summed E-state index contributed by atoms with van der Waals surface area (Å²) in [4.78, 5) is 91.9. The Balaban J connectivity index is 0.918. The fraction of sp³-hybridized carbons (Fsp3) is 0.600. The van der Waals surface area contributed by atoms with Crippen LogP contribution >= 0.6 is 39.1 Å². The number of fused-ring (bicyclic) bond motifs is 2. The molecule has 0 radical (unpaired) electrons. The number of rotatable bonds is 19. The second-order valence-corrected chi connectivity index (χ2v) is 21.5. The summed E-state index contributed by atoms with van der Waals surface area (Å²) in [6, 6.07) is 0. The molecule has 15 atom stereocenters. The fourth-order valence-corrected chi connectivity index (χ4v) is 11.6. The van der Waals surface area contributed by atoms with Crippen molar-refractivity contribution in [3.63, 3.8) is 0 Å². The van der Waals surface area contributed by atoms with E-state index in [-0.39, 0.29) is 34.6 Å². The van der Waals surface area contributed by atoms with E-state index in [1.165, 1.54) is 10.9 Å². The molecule has 0 bridgehead atoms. The molecule has 4 aromatic rings. The molecule has 3 aliphatic heterocycles. The van der Waals surface area contributed by atoms with Crippen LogP contribution in [0.5, 0.6) is 0 Å². The number of ether oxygens (including phenoxy) is 3. The predicted molar refractivity (Wildman–Crippen MR) is 205 cm³/mol. The van der Waals surface area contributed by atoms with Gasteiger partial charge in [0.1, 0.15) is 60.8 Å². The van der Waals surface area contributed by atoms with Crippen molar-refractivity contribution >= 4 is 73.2 Å². The van der Waals surface area contributed by atoms with Gasteiger partial charge in [-0.2, -0.15) is 17.9 Å². The highest BCUT2D eigenvalue weighted by atomic mass is 31.3. The van der Waals surface area contributed by atoms with Gasteiger partial charge in [-0.15, -0.1) is 0 Å². The zero-order valence-corrected chi connectivity index (χ0v) is 36.9. The van der Waals surface area contributed by atoms with Crippen molar-refractivity contribution in [2.45, 2.75) is 73.9 Å². The highest BCUT2D eigenvalue weighted by Crippen LogP contribution is 2.66. The number of hydrogen-bond acceptors (Lipinski definition) is 27. The minimum Gasteiger partial charge on any atom is -0.390 e. The van der Waals surface area contributed by atoms with Crippen molar-refractivity contribution in [3.8, 4) is 0 Å². The number of phosphoric ester groups is 3. The van der Waals surface area contributed by atoms with E-state index >= 15 is 0 Å². The first-order chi connectivity index (χ1) is 30.6. The van der Waals surface area contributed by atoms with Gasteiger partial charge < -0.3 is 80.2 Å². The number of nitrogens with zero attached hydrogens (tertiary/aromatic N) is 7. The van der Waals surface area contributed by atoms with E-state index in [1.54, 1.807) is 0 Å². The number of hydrogen-bond donors (Lipinski definition) is 14. The van der Waals surface area contributed by atoms with Gasteiger partial charge in [-0.25, -0.2) is 42.8 Å². The van der Waals surface area contributed by atoms with Crippen LogP contribution in [0.3, 0.4) is 0 Å². The number of aromatic amines is 1. The standard InChI is InChI=1S/C25H37N10O26P5/c26-19-13-20(28-5-27-19)35(7-29-13)24-18(40)16(38)11(58-24)4-55-64(47,48)60-63(45,46)54-3-10-15(37)17(39)23(57-10)33-25-31-21-14(22(41)32-25)30-6-34(21)12-1-8(36)9(56-12)2-53-65(49,50)61-66(51,52)59-62(42,43)44/h5-12,15-18,23-24,36-40H,1-4H2,(H,45,46)(H,47,48)(H,49,50)(H,51,52)(H2,26,27,28)(H2,42,43,44)(H2,31,32,33,41)/t8-,9+,10+,11+,12+,15+,16+,17+,18+,23?,24+/m0/s1. The van der Waals surface area contributed by atoms with E-state index in [0.29, 0.717) is 0 Å². The molecule has 66 heavy (non-hydrogen) atoms. The molecule has 5 unspecified atom stereocenters. The van der Waals surface area contributed by atoms with Gasteiger partial charge in [0.05, 0.1) is 38.6 Å². The Morgan fingerprint density at radius 2 is 1.24 bits per heavy atom. The van der Waals surface area contributed by atoms with Crippen LogP contribution in [0.1, 0.15) is 18.9 Å². The molecule has 3 aliphatic rings. The average Bonchev–Trinajstić information content (AvgIpc) is 4.01. The third-order valence-corrected chi connectivity index (χ3v) is 15.8. The van der Waals surface area contributed by atoms with Crippen LogP contribution in [0.25, 0.3) is 22.3 Å². The minimum atomic E-state index is -5.84. The highest BCUT2D eigenvalue weighted by molar-refractivity contribution is 7.66. The topological polar surface area (TPSA) is 536 Å². The van der Waals surface area contributed by atoms with Crippen molar-refractivity contribution < 1.29 is 118 Å². The molecule has 7 rings (SSSR count). The zero-order valence-electron chi connectivity index (χ0n) is 32.4. The van der Waals surface area contributed by atoms with Gasteiger partial charge in [0.25, 0.3) is 5.56 Å². The number of nitrogens with two attached hydrogens (primary N) is 1. The number of aliphatic hydroxyl groups is 5. The molecule has 15 N–H and O–H groups in total. The molecular formula is C25H37N10O26P5. The van der Waals surface area contributed by atoms with Gasteiger partial charge >= 0.3 is 39.1 Å². The van der Waals surface area contributed by atoms with Gasteiger partial charge in [-0.1, -0.05) is 0 Å². The number of aliphatic hydroxyl groups excluding tert-OH is 5. The summed E-state index contributed by atoms with van der Waals surface area (Å²) in [5.74, 6) is -0.445. The summed E-state index contributed by atoms with van der Waals surface area (Å²) in [7, 11) is -28.2. The molecule has 7 heterocycles. The van der Waals surface area contributed by atoms with Crippen molar-refractivity contribution in [3.05, 3.63) is 29.3 Å². The lowest BCUT2D eigenvalue weighted by Gasteiger charge is -2.20. The first-order valence-corrected chi connectivity index (χ1v) is 25.6. The lowest BCUT2D eigenvalue weighted by molar-refractivity contribution is -0.0506. The second kappa shape index (κ2) is 19.0. The Bertz CT molecular complexity index is 2740. The van der Waals surface area contributed by atoms with Gasteiger partial charge in [0.2, 0.25) is 5.95 Å². The molecule has 0 spiro atoms. The summed E-state index contributed by atoms with van der Waals surface area (Å²) >= 11 is 0. The van der Waals surface area contributed by atoms with Crippen molar-refractivity contribution in [2.75, 3.05) is 30.9 Å². The number of phosphoric acid groups is 5. The largest absolute Gasteiger partial charge is 0.490 e. The van der Waals surface area contributed by atoms with Crippen molar-refractivity contribution in [1.82, 2.24) is 39.0 Å². The van der Waals surface area contributed by atoms with Crippen LogP contribution in [0.4, 0.5) is 11.8 Å². The molecule has 0 saturated carbocycles. The number of imidazole rings is 2. The highest BCUT2D eigenvalue weighted by Gasteiger charge is 2.48. The van der Waals surface area contributed by atoms with Crippen molar-refractivity contribution in [2.24, 2.45) is 0 Å². The van der Waals surface area contributed by atoms with Gasteiger partial charge in [-0.3, -0.25) is 32.5 Å². The number of H-pyrrole nitrogens is 1. The number of anilines is 2. The van der Waals surface area contributed by atoms with Gasteiger partial charge in [0, 0.05) is 6.42 Å². The second-order valence-electron chi connectivity index (χ2n) is 14.0. The minimum absolute atomic E-state index is 0.00250. The molecule has 368 valence electrons. The lowest BCUT2D eigenvalue weighted by Crippen LogP contribution is -2.37. The Hall–Kier alpha value is -3.15. The fourth-order valence-electron chi connectivity index (χ4n) is 6.52. The lowest BCUT2D eigenvalue weighted by atomic mass is 10.1. The third-order valence-electron chi connectivity index (χ3n) is 9.41. The molecular weight excluding hydrogens is 1010 g/mol. The summed E-state index contributed by atoms with van der Waals surface area (Å²) in [6.45, 7) is -3.09. The quantitative estimate of drug-likeness (QED) is 0.0401. The van der Waals surface area contributed by atoms with Gasteiger partial charge in [-0.05, 0) is 0 Å². The maximum atomic E-state index is 12.9. The number of aromatic nitrogens is 8. The average molecular weight is 1050 g/mol. The Morgan fingerprint density at radius 1 is 0.682 bits per heavy atom. The summed E-state index contributed by atoms with van der Waals surface area (Å²) in [6.07, 6.45) is -14.6. The summed E-state index contributed by atoms with van der Waals surface area (Å²) in [5.41, 5.74) is 4.56. The molecule has 0 amide bonds. The maximum absolute atomic E-state index is 12.9. The molecule has 3 saturated heterocycles. The zero-order chi connectivity index (χ0) is 48.3. The van der Waals surface area contributed by atoms with Crippen LogP contribution < -0.4 is 16.6 Å². The van der Waals surface area contributed by atoms with E-state index in [4.69, 9.17) is 38.8 Å². The molecule has 4 aromatic heterocycles. The first kappa shape index (κ1) is 50.7. The summed E-state index contributed by atoms with van der Waals surface area (Å²) < 4.78 is 104. The molecule has 0 aliphatic carbocycles. The van der Waals surface area contributed by atoms with Crippen LogP contribution in [0, 0.1) is 0 Å². The monoisotopic (exact) mass is 1050 g/mol. The van der Waals surface area contributed by atoms with Crippen LogP contribution in [-0.2, 0) is 63.5 Å². The third kappa shape index (κ3) is 11.6. The number of nitrogens with one attached hydrogen (secondary N) is 2. The Morgan fingerprint density at radius 3 is 1.88 bits per heavy atom. The van der Waals surface area contributed by atoms with Crippen LogP contribution in [0.2, 0.25) is 0 Å². The smallest absolute Gasteiger partial charge is 0.390 e. The Labute approximate surface area is 364 Å². The van der Waals surface area contributed by atoms with E-state index in [9.17, 15) is 72.7 Å². The van der Waals surface area contributed by atoms with E-state index in [2.05, 4.69) is 52.7 Å². The van der Waals surface area contributed by atoms with Crippen LogP contribution in [0.15, 0.2) is 23.8 Å². The van der Waals surface area contributed by atoms with E-state index in [0.717, 1.165) is 17.2 Å². The van der Waals surface area contributed by atoms with Crippen molar-refractivity contribution in [1.29, 1.82) is 0 Å². The molecule has 36 nitrogen and oxygen atoms in total.